The number of carbonyl (C=O) groups excluding carboxylic acids is 1. The summed E-state index contributed by atoms with van der Waals surface area (Å²) in [6.07, 6.45) is 9.07. The number of carbonyl (C=O) groups is 1. The van der Waals surface area contributed by atoms with Crippen molar-refractivity contribution in [2.24, 2.45) is 5.92 Å². The van der Waals surface area contributed by atoms with Crippen LogP contribution in [0.15, 0.2) is 30.5 Å². The van der Waals surface area contributed by atoms with Crippen LogP contribution in [0.5, 0.6) is 0 Å². The van der Waals surface area contributed by atoms with Crippen molar-refractivity contribution in [1.82, 2.24) is 9.88 Å². The van der Waals surface area contributed by atoms with E-state index in [9.17, 15) is 9.18 Å². The topological polar surface area (TPSA) is 54.5 Å². The molecule has 1 N–H and O–H groups in total. The van der Waals surface area contributed by atoms with Crippen LogP contribution >= 0.6 is 0 Å². The van der Waals surface area contributed by atoms with Crippen LogP contribution < -0.4 is 5.32 Å². The number of hydrogen-bond acceptors (Lipinski definition) is 4. The molecule has 1 aromatic rings. The SMILES string of the molecule is O=C(C1CC=CC1)N1CCC2(CC(Nc3ncccc3F)CO2)C1. The van der Waals surface area contributed by atoms with Crippen LogP contribution in [-0.2, 0) is 9.53 Å². The van der Waals surface area contributed by atoms with Gasteiger partial charge in [-0.05, 0) is 31.4 Å². The molecule has 24 heavy (non-hydrogen) atoms. The second-order valence-corrected chi connectivity index (χ2v) is 7.02. The van der Waals surface area contributed by atoms with Gasteiger partial charge in [-0.1, -0.05) is 12.2 Å². The summed E-state index contributed by atoms with van der Waals surface area (Å²) in [6, 6.07) is 3.00. The summed E-state index contributed by atoms with van der Waals surface area (Å²) in [5.41, 5.74) is -0.287. The van der Waals surface area contributed by atoms with Crippen molar-refractivity contribution in [3.8, 4) is 0 Å². The summed E-state index contributed by atoms with van der Waals surface area (Å²) >= 11 is 0. The van der Waals surface area contributed by atoms with E-state index in [-0.39, 0.29) is 35.1 Å². The van der Waals surface area contributed by atoms with Crippen LogP contribution in [0.3, 0.4) is 0 Å². The van der Waals surface area contributed by atoms with Gasteiger partial charge in [0.1, 0.15) is 0 Å². The van der Waals surface area contributed by atoms with Gasteiger partial charge in [0.15, 0.2) is 11.6 Å². The summed E-state index contributed by atoms with van der Waals surface area (Å²) < 4.78 is 19.8. The highest BCUT2D eigenvalue weighted by atomic mass is 19.1. The second kappa shape index (κ2) is 6.16. The normalized spacial score (nSPS) is 29.7. The molecular formula is C18H22FN3O2. The average Bonchev–Trinajstić information content (AvgIpc) is 3.32. The number of nitrogens with zero attached hydrogens (tertiary/aromatic N) is 2. The molecule has 1 aliphatic carbocycles. The molecule has 1 aromatic heterocycles. The van der Waals surface area contributed by atoms with Crippen LogP contribution in [0, 0.1) is 11.7 Å². The minimum Gasteiger partial charge on any atom is -0.371 e. The Labute approximate surface area is 140 Å². The largest absolute Gasteiger partial charge is 0.371 e. The minimum atomic E-state index is -0.351. The van der Waals surface area contributed by atoms with Gasteiger partial charge < -0.3 is 15.0 Å². The minimum absolute atomic E-state index is 0.0256. The van der Waals surface area contributed by atoms with Gasteiger partial charge in [0.05, 0.1) is 18.2 Å². The molecular weight excluding hydrogens is 309 g/mol. The number of pyridine rings is 1. The van der Waals surface area contributed by atoms with Gasteiger partial charge in [0.25, 0.3) is 0 Å². The Morgan fingerprint density at radius 3 is 3.04 bits per heavy atom. The number of ether oxygens (including phenoxy) is 1. The highest BCUT2D eigenvalue weighted by Gasteiger charge is 2.47. The second-order valence-electron chi connectivity index (χ2n) is 7.02. The Morgan fingerprint density at radius 2 is 2.25 bits per heavy atom. The van der Waals surface area contributed by atoms with Crippen LogP contribution in [-0.4, -0.2) is 47.1 Å². The number of aromatic nitrogens is 1. The predicted molar refractivity (Wildman–Crippen MR) is 88.0 cm³/mol. The number of allylic oxidation sites excluding steroid dienone is 2. The van der Waals surface area contributed by atoms with Crippen molar-refractivity contribution >= 4 is 11.7 Å². The lowest BCUT2D eigenvalue weighted by Crippen LogP contribution is -2.38. The molecule has 4 rings (SSSR count). The molecule has 3 aliphatic rings. The molecule has 0 saturated carbocycles. The fourth-order valence-corrected chi connectivity index (χ4v) is 4.02. The lowest BCUT2D eigenvalue weighted by molar-refractivity contribution is -0.135. The van der Waals surface area contributed by atoms with E-state index in [1.54, 1.807) is 12.3 Å². The molecule has 3 heterocycles. The van der Waals surface area contributed by atoms with Gasteiger partial charge in [-0.3, -0.25) is 4.79 Å². The van der Waals surface area contributed by atoms with E-state index in [2.05, 4.69) is 22.5 Å². The van der Waals surface area contributed by atoms with Gasteiger partial charge in [0, 0.05) is 31.6 Å². The van der Waals surface area contributed by atoms with Gasteiger partial charge in [0.2, 0.25) is 5.91 Å². The van der Waals surface area contributed by atoms with E-state index in [1.165, 1.54) is 6.07 Å². The lowest BCUT2D eigenvalue weighted by atomic mass is 9.97. The van der Waals surface area contributed by atoms with Crippen molar-refractivity contribution in [1.29, 1.82) is 0 Å². The number of rotatable bonds is 3. The summed E-state index contributed by atoms with van der Waals surface area (Å²) in [5, 5.41) is 3.13. The molecule has 1 spiro atoms. The Balaban J connectivity index is 1.36. The van der Waals surface area contributed by atoms with Crippen LogP contribution in [0.25, 0.3) is 0 Å². The first-order valence-corrected chi connectivity index (χ1v) is 8.60. The highest BCUT2D eigenvalue weighted by molar-refractivity contribution is 5.80. The van der Waals surface area contributed by atoms with Crippen LogP contribution in [0.4, 0.5) is 10.2 Å². The van der Waals surface area contributed by atoms with Crippen LogP contribution in [0.2, 0.25) is 0 Å². The number of nitrogens with one attached hydrogen (secondary N) is 1. The number of amides is 1. The summed E-state index contributed by atoms with van der Waals surface area (Å²) in [7, 11) is 0. The number of likely N-dealkylation sites (tertiary alicyclic amines) is 1. The predicted octanol–water partition coefficient (Wildman–Crippen LogP) is 2.36. The number of hydrogen-bond donors (Lipinski definition) is 1. The molecule has 2 aliphatic heterocycles. The van der Waals surface area contributed by atoms with Crippen molar-refractivity contribution in [3.05, 3.63) is 36.3 Å². The molecule has 1 amide bonds. The average molecular weight is 331 g/mol. The first kappa shape index (κ1) is 15.6. The molecule has 0 radical (unpaired) electrons. The number of halogens is 1. The van der Waals surface area contributed by atoms with Gasteiger partial charge in [-0.2, -0.15) is 0 Å². The van der Waals surface area contributed by atoms with E-state index in [1.807, 2.05) is 4.90 Å². The molecule has 2 saturated heterocycles. The molecule has 5 nitrogen and oxygen atoms in total. The van der Waals surface area contributed by atoms with E-state index in [0.29, 0.717) is 13.2 Å². The molecule has 2 atom stereocenters. The monoisotopic (exact) mass is 331 g/mol. The third-order valence-corrected chi connectivity index (χ3v) is 5.29. The maximum absolute atomic E-state index is 13.7. The molecule has 0 aromatic carbocycles. The zero-order chi connectivity index (χ0) is 16.6. The van der Waals surface area contributed by atoms with Gasteiger partial charge in [-0.15, -0.1) is 0 Å². The molecule has 2 unspecified atom stereocenters. The molecule has 2 fully saturated rings. The number of anilines is 1. The van der Waals surface area contributed by atoms with E-state index in [4.69, 9.17) is 4.74 Å². The summed E-state index contributed by atoms with van der Waals surface area (Å²) in [4.78, 5) is 18.5. The van der Waals surface area contributed by atoms with E-state index < -0.39 is 0 Å². The van der Waals surface area contributed by atoms with E-state index in [0.717, 1.165) is 32.2 Å². The molecule has 128 valence electrons. The zero-order valence-electron chi connectivity index (χ0n) is 13.6. The van der Waals surface area contributed by atoms with Gasteiger partial charge >= 0.3 is 0 Å². The Bertz CT molecular complexity index is 657. The van der Waals surface area contributed by atoms with Crippen molar-refractivity contribution in [3.63, 3.8) is 0 Å². The van der Waals surface area contributed by atoms with Crippen LogP contribution in [0.1, 0.15) is 25.7 Å². The van der Waals surface area contributed by atoms with Gasteiger partial charge in [-0.25, -0.2) is 9.37 Å². The maximum atomic E-state index is 13.7. The summed E-state index contributed by atoms with van der Waals surface area (Å²) in [6.45, 7) is 1.91. The third-order valence-electron chi connectivity index (χ3n) is 5.29. The fraction of sp³-hybridized carbons (Fsp3) is 0.556. The Kier molecular flexibility index (Phi) is 4.00. The molecule has 6 heteroatoms. The van der Waals surface area contributed by atoms with Crippen molar-refractivity contribution < 1.29 is 13.9 Å². The van der Waals surface area contributed by atoms with E-state index >= 15 is 0 Å². The molecule has 0 bridgehead atoms. The van der Waals surface area contributed by atoms with Crippen molar-refractivity contribution in [2.45, 2.75) is 37.3 Å². The highest BCUT2D eigenvalue weighted by Crippen LogP contribution is 2.37. The fourth-order valence-electron chi connectivity index (χ4n) is 4.02. The first-order valence-electron chi connectivity index (χ1n) is 8.60. The van der Waals surface area contributed by atoms with Crippen molar-refractivity contribution in [2.75, 3.05) is 25.0 Å². The smallest absolute Gasteiger partial charge is 0.226 e. The Morgan fingerprint density at radius 1 is 1.42 bits per heavy atom. The quantitative estimate of drug-likeness (QED) is 0.864. The maximum Gasteiger partial charge on any atom is 0.226 e. The zero-order valence-corrected chi connectivity index (χ0v) is 13.6. The standard InChI is InChI=1S/C18H22FN3O2/c19-15-6-3-8-20-16(15)21-14-10-18(24-11-14)7-9-22(12-18)17(23)13-4-1-2-5-13/h1-3,6,8,13-14H,4-5,7,9-12H2,(H,20,21). The first-order chi connectivity index (χ1) is 11.7. The summed E-state index contributed by atoms with van der Waals surface area (Å²) in [5.74, 6) is 0.271. The third kappa shape index (κ3) is 2.90. The Hall–Kier alpha value is -1.95. The lowest BCUT2D eigenvalue weighted by Gasteiger charge is -2.25.